The largest absolute Gasteiger partial charge is 0.421 e. The zero-order chi connectivity index (χ0) is 14.8. The minimum atomic E-state index is -4.73. The molecule has 2 rings (SSSR count). The van der Waals surface area contributed by atoms with Gasteiger partial charge in [-0.15, -0.1) is 0 Å². The summed E-state index contributed by atoms with van der Waals surface area (Å²) in [5.41, 5.74) is -2.50. The number of alkyl halides is 3. The zero-order valence-electron chi connectivity index (χ0n) is 10.4. The Morgan fingerprint density at radius 3 is 2.85 bits per heavy atom. The summed E-state index contributed by atoms with van der Waals surface area (Å²) in [5, 5.41) is 2.61. The van der Waals surface area contributed by atoms with Gasteiger partial charge in [-0.3, -0.25) is 9.59 Å². The smallest absolute Gasteiger partial charge is 0.379 e. The van der Waals surface area contributed by atoms with E-state index in [1.807, 2.05) is 0 Å². The van der Waals surface area contributed by atoms with Gasteiger partial charge >= 0.3 is 6.18 Å². The van der Waals surface area contributed by atoms with Crippen molar-refractivity contribution < 1.29 is 22.7 Å². The van der Waals surface area contributed by atoms with Gasteiger partial charge in [0.2, 0.25) is 5.91 Å². The molecule has 0 bridgehead atoms. The Morgan fingerprint density at radius 1 is 1.50 bits per heavy atom. The topological polar surface area (TPSA) is 60.3 Å². The predicted molar refractivity (Wildman–Crippen MR) is 63.1 cm³/mol. The van der Waals surface area contributed by atoms with Crippen molar-refractivity contribution in [3.8, 4) is 0 Å². The highest BCUT2D eigenvalue weighted by Crippen LogP contribution is 2.25. The van der Waals surface area contributed by atoms with E-state index >= 15 is 0 Å². The standard InChI is InChI=1S/C12H13F3N2O3/c13-12(14,15)9-2-1-4-17(11(9)19)6-10(18)16-8-3-5-20-7-8/h1-2,4,8H,3,5-7H2,(H,16,18). The van der Waals surface area contributed by atoms with Crippen LogP contribution >= 0.6 is 0 Å². The molecule has 0 saturated carbocycles. The Hall–Kier alpha value is -1.83. The number of amides is 1. The molecule has 8 heteroatoms. The molecule has 0 spiro atoms. The van der Waals surface area contributed by atoms with Gasteiger partial charge in [0.05, 0.1) is 12.6 Å². The summed E-state index contributed by atoms with van der Waals surface area (Å²) < 4.78 is 43.5. The number of rotatable bonds is 3. The van der Waals surface area contributed by atoms with E-state index in [4.69, 9.17) is 4.74 Å². The summed E-state index contributed by atoms with van der Waals surface area (Å²) in [6, 6.07) is 1.64. The Balaban J connectivity index is 2.09. The maximum Gasteiger partial charge on any atom is 0.421 e. The van der Waals surface area contributed by atoms with Gasteiger partial charge in [0, 0.05) is 12.8 Å². The average molecular weight is 290 g/mol. The number of nitrogens with zero attached hydrogens (tertiary/aromatic N) is 1. The number of pyridine rings is 1. The summed E-state index contributed by atoms with van der Waals surface area (Å²) in [4.78, 5) is 23.3. The molecule has 5 nitrogen and oxygen atoms in total. The van der Waals surface area contributed by atoms with Gasteiger partial charge in [0.15, 0.2) is 0 Å². The molecule has 1 atom stereocenters. The van der Waals surface area contributed by atoms with Crippen molar-refractivity contribution in [1.82, 2.24) is 9.88 Å². The lowest BCUT2D eigenvalue weighted by Gasteiger charge is -2.13. The predicted octanol–water partition coefficient (Wildman–Crippen LogP) is 0.772. The van der Waals surface area contributed by atoms with Gasteiger partial charge in [0.1, 0.15) is 12.1 Å². The van der Waals surface area contributed by atoms with Gasteiger partial charge < -0.3 is 14.6 Å². The van der Waals surface area contributed by atoms with Crippen LogP contribution in [0.4, 0.5) is 13.2 Å². The molecule has 1 unspecified atom stereocenters. The van der Waals surface area contributed by atoms with Gasteiger partial charge in [-0.2, -0.15) is 13.2 Å². The molecular formula is C12H13F3N2O3. The maximum absolute atomic E-state index is 12.6. The first kappa shape index (κ1) is 14.6. The van der Waals surface area contributed by atoms with E-state index in [2.05, 4.69) is 5.32 Å². The quantitative estimate of drug-likeness (QED) is 0.894. The molecule has 0 radical (unpaired) electrons. The van der Waals surface area contributed by atoms with Crippen molar-refractivity contribution in [3.63, 3.8) is 0 Å². The fourth-order valence-electron chi connectivity index (χ4n) is 1.95. The lowest BCUT2D eigenvalue weighted by molar-refractivity contribution is -0.139. The Bertz CT molecular complexity index is 548. The van der Waals surface area contributed by atoms with Crippen LogP contribution in [0.2, 0.25) is 0 Å². The van der Waals surface area contributed by atoms with E-state index in [0.717, 1.165) is 16.8 Å². The van der Waals surface area contributed by atoms with Crippen LogP contribution < -0.4 is 10.9 Å². The molecule has 1 aliphatic heterocycles. The summed E-state index contributed by atoms with van der Waals surface area (Å²) >= 11 is 0. The number of ether oxygens (including phenoxy) is 1. The highest BCUT2D eigenvalue weighted by molar-refractivity contribution is 5.76. The summed E-state index contributed by atoms with van der Waals surface area (Å²) in [5.74, 6) is -0.512. The van der Waals surface area contributed by atoms with Crippen LogP contribution in [-0.4, -0.2) is 29.7 Å². The minimum absolute atomic E-state index is 0.149. The number of hydrogen-bond acceptors (Lipinski definition) is 3. The molecule has 1 aromatic rings. The molecule has 1 aromatic heterocycles. The molecular weight excluding hydrogens is 277 g/mol. The zero-order valence-corrected chi connectivity index (χ0v) is 10.4. The lowest BCUT2D eigenvalue weighted by Crippen LogP contribution is -2.40. The summed E-state index contributed by atoms with van der Waals surface area (Å²) in [7, 11) is 0. The number of aromatic nitrogens is 1. The highest BCUT2D eigenvalue weighted by atomic mass is 19.4. The molecule has 1 fully saturated rings. The maximum atomic E-state index is 12.6. The Kier molecular flexibility index (Phi) is 4.12. The third-order valence-corrected chi connectivity index (χ3v) is 2.93. The van der Waals surface area contributed by atoms with Crippen LogP contribution in [0.15, 0.2) is 23.1 Å². The van der Waals surface area contributed by atoms with Crippen LogP contribution in [0, 0.1) is 0 Å². The van der Waals surface area contributed by atoms with Crippen molar-refractivity contribution in [1.29, 1.82) is 0 Å². The number of nitrogens with one attached hydrogen (secondary N) is 1. The second-order valence-electron chi connectivity index (χ2n) is 4.48. The van der Waals surface area contributed by atoms with Gasteiger partial charge in [-0.05, 0) is 18.6 Å². The fraction of sp³-hybridized carbons (Fsp3) is 0.500. The van der Waals surface area contributed by atoms with Crippen LogP contribution in [-0.2, 0) is 22.3 Å². The number of halogens is 3. The van der Waals surface area contributed by atoms with Crippen LogP contribution in [0.1, 0.15) is 12.0 Å². The SMILES string of the molecule is O=C(Cn1cccc(C(F)(F)F)c1=O)NC1CCOC1. The number of carbonyl (C=O) groups is 1. The van der Waals surface area contributed by atoms with Crippen LogP contribution in [0.3, 0.4) is 0 Å². The Labute approximate surface area is 112 Å². The van der Waals surface area contributed by atoms with E-state index in [-0.39, 0.29) is 6.04 Å². The van der Waals surface area contributed by atoms with Crippen molar-refractivity contribution in [2.24, 2.45) is 0 Å². The molecule has 20 heavy (non-hydrogen) atoms. The van der Waals surface area contributed by atoms with E-state index < -0.39 is 29.8 Å². The summed E-state index contributed by atoms with van der Waals surface area (Å²) in [6.45, 7) is 0.469. The lowest BCUT2D eigenvalue weighted by atomic mass is 10.2. The van der Waals surface area contributed by atoms with Crippen molar-refractivity contribution in [2.45, 2.75) is 25.2 Å². The molecule has 1 amide bonds. The molecule has 1 N–H and O–H groups in total. The van der Waals surface area contributed by atoms with Crippen molar-refractivity contribution in [2.75, 3.05) is 13.2 Å². The van der Waals surface area contributed by atoms with Crippen LogP contribution in [0.5, 0.6) is 0 Å². The first-order chi connectivity index (χ1) is 9.38. The normalized spacial score (nSPS) is 19.1. The molecule has 1 aliphatic rings. The third-order valence-electron chi connectivity index (χ3n) is 2.93. The molecule has 1 saturated heterocycles. The van der Waals surface area contributed by atoms with E-state index in [0.29, 0.717) is 25.7 Å². The fourth-order valence-corrected chi connectivity index (χ4v) is 1.95. The van der Waals surface area contributed by atoms with Gasteiger partial charge in [-0.25, -0.2) is 0 Å². The van der Waals surface area contributed by atoms with E-state index in [1.54, 1.807) is 0 Å². The van der Waals surface area contributed by atoms with Gasteiger partial charge in [-0.1, -0.05) is 0 Å². The first-order valence-corrected chi connectivity index (χ1v) is 6.01. The third kappa shape index (κ3) is 3.38. The van der Waals surface area contributed by atoms with Crippen molar-refractivity contribution in [3.05, 3.63) is 34.2 Å². The Morgan fingerprint density at radius 2 is 2.25 bits per heavy atom. The summed E-state index contributed by atoms with van der Waals surface area (Å²) in [6.07, 6.45) is -2.92. The average Bonchev–Trinajstić information content (AvgIpc) is 2.83. The van der Waals surface area contributed by atoms with E-state index in [9.17, 15) is 22.8 Å². The molecule has 2 heterocycles. The molecule has 110 valence electrons. The van der Waals surface area contributed by atoms with Crippen molar-refractivity contribution >= 4 is 5.91 Å². The highest BCUT2D eigenvalue weighted by Gasteiger charge is 2.34. The monoisotopic (exact) mass is 290 g/mol. The minimum Gasteiger partial charge on any atom is -0.379 e. The van der Waals surface area contributed by atoms with Crippen LogP contribution in [0.25, 0.3) is 0 Å². The van der Waals surface area contributed by atoms with E-state index in [1.165, 1.54) is 0 Å². The molecule has 0 aliphatic carbocycles. The number of carbonyl (C=O) groups excluding carboxylic acids is 1. The van der Waals surface area contributed by atoms with Gasteiger partial charge in [0.25, 0.3) is 5.56 Å². The second-order valence-corrected chi connectivity index (χ2v) is 4.48. The number of hydrogen-bond donors (Lipinski definition) is 1. The second kappa shape index (κ2) is 5.66. The first-order valence-electron chi connectivity index (χ1n) is 6.01. The molecule has 0 aromatic carbocycles.